The van der Waals surface area contributed by atoms with Crippen molar-refractivity contribution in [3.8, 4) is 28.6 Å². The number of ether oxygens (including phenoxy) is 2. The molecule has 0 saturated heterocycles. The number of nitrogens with zero attached hydrogens (tertiary/aromatic N) is 3. The first-order valence-electron chi connectivity index (χ1n) is 14.2. The number of fused-ring (bicyclic) bond motifs is 1. The highest BCUT2D eigenvalue weighted by Crippen LogP contribution is 2.33. The van der Waals surface area contributed by atoms with Crippen LogP contribution in [0.4, 0.5) is 0 Å². The minimum Gasteiger partial charge on any atom is -0.497 e. The van der Waals surface area contributed by atoms with Crippen molar-refractivity contribution in [3.05, 3.63) is 130 Å². The van der Waals surface area contributed by atoms with E-state index in [-0.39, 0.29) is 18.1 Å². The highest BCUT2D eigenvalue weighted by Gasteiger charge is 2.36. The lowest BCUT2D eigenvalue weighted by Gasteiger charge is -2.38. The number of aromatic nitrogens is 2. The minimum atomic E-state index is -0.778. The fourth-order valence-corrected chi connectivity index (χ4v) is 6.11. The van der Waals surface area contributed by atoms with Gasteiger partial charge in [-0.25, -0.2) is 4.98 Å². The predicted octanol–water partition coefficient (Wildman–Crippen LogP) is 7.03. The number of amides is 1. The van der Waals surface area contributed by atoms with Crippen LogP contribution in [-0.4, -0.2) is 51.8 Å². The molecular weight excluding hydrogens is 597 g/mol. The highest BCUT2D eigenvalue weighted by atomic mass is 35.5. The monoisotopic (exact) mass is 627 g/mol. The molecule has 6 rings (SSSR count). The van der Waals surface area contributed by atoms with Gasteiger partial charge >= 0.3 is 0 Å². The van der Waals surface area contributed by atoms with Gasteiger partial charge in [-0.15, -0.1) is 0 Å². The molecule has 1 aliphatic carbocycles. The summed E-state index contributed by atoms with van der Waals surface area (Å²) in [6, 6.07) is 27.7. The van der Waals surface area contributed by atoms with Gasteiger partial charge in [-0.3, -0.25) is 9.36 Å². The van der Waals surface area contributed by atoms with Gasteiger partial charge in [0.2, 0.25) is 0 Å². The summed E-state index contributed by atoms with van der Waals surface area (Å²) in [7, 11) is 3.17. The van der Waals surface area contributed by atoms with Crippen LogP contribution in [0.3, 0.4) is 0 Å². The van der Waals surface area contributed by atoms with Crippen LogP contribution in [0.2, 0.25) is 10.0 Å². The van der Waals surface area contributed by atoms with Crippen LogP contribution in [0.1, 0.15) is 27.2 Å². The third-order valence-electron chi connectivity index (χ3n) is 8.06. The van der Waals surface area contributed by atoms with Crippen molar-refractivity contribution < 1.29 is 19.4 Å². The first-order chi connectivity index (χ1) is 21.4. The van der Waals surface area contributed by atoms with Crippen LogP contribution in [0.15, 0.2) is 97.2 Å². The second kappa shape index (κ2) is 12.7. The van der Waals surface area contributed by atoms with Gasteiger partial charge in [-0.1, -0.05) is 59.6 Å². The molecule has 44 heavy (non-hydrogen) atoms. The number of hydrogen-bond donors (Lipinski definition) is 1. The molecule has 0 radical (unpaired) electrons. The van der Waals surface area contributed by atoms with E-state index in [1.165, 1.54) is 0 Å². The number of hydrogen-bond acceptors (Lipinski definition) is 5. The Labute approximate surface area is 266 Å². The molecule has 0 fully saturated rings. The number of imidazole rings is 1. The van der Waals surface area contributed by atoms with E-state index in [0.717, 1.165) is 22.4 Å². The summed E-state index contributed by atoms with van der Waals surface area (Å²) in [6.45, 7) is 0.186. The molecule has 1 heterocycles. The summed E-state index contributed by atoms with van der Waals surface area (Å²) >= 11 is 12.8. The smallest absolute Gasteiger partial charge is 0.274 e. The topological polar surface area (TPSA) is 76.8 Å². The standard InChI is InChI=1S/C35H31Cl2N3O4/c1-43-27-16-11-24(33(19-27)44-2)20-40(31-17-22-7-3-4-8-23(22)18-32(31)41)35(42)30-21-39(26-14-12-25(36)13-15-26)34(38-30)28-9-5-6-10-29(28)37/h3-16,19,21,31-32,41H,17-18,20H2,1-2H3. The first-order valence-corrected chi connectivity index (χ1v) is 15.0. The molecule has 1 N–H and O–H groups in total. The Morgan fingerprint density at radius 3 is 2.34 bits per heavy atom. The van der Waals surface area contributed by atoms with E-state index in [1.807, 2.05) is 65.2 Å². The van der Waals surface area contributed by atoms with Crippen molar-refractivity contribution in [1.82, 2.24) is 14.5 Å². The number of aliphatic hydroxyl groups is 1. The predicted molar refractivity (Wildman–Crippen MR) is 172 cm³/mol. The summed E-state index contributed by atoms with van der Waals surface area (Å²) in [6.07, 6.45) is 1.87. The Kier molecular flexibility index (Phi) is 8.62. The number of aliphatic hydroxyl groups excluding tert-OH is 1. The van der Waals surface area contributed by atoms with E-state index < -0.39 is 12.1 Å². The second-order valence-electron chi connectivity index (χ2n) is 10.7. The Hall–Kier alpha value is -4.30. The third-order valence-corrected chi connectivity index (χ3v) is 8.64. The third kappa shape index (κ3) is 5.91. The average molecular weight is 629 g/mol. The molecule has 2 atom stereocenters. The van der Waals surface area contributed by atoms with Gasteiger partial charge in [-0.2, -0.15) is 0 Å². The van der Waals surface area contributed by atoms with Gasteiger partial charge in [0.1, 0.15) is 23.0 Å². The molecule has 1 amide bonds. The molecule has 0 spiro atoms. The largest absolute Gasteiger partial charge is 0.497 e. The van der Waals surface area contributed by atoms with E-state index in [1.54, 1.807) is 49.6 Å². The molecular formula is C35H31Cl2N3O4. The molecule has 0 bridgehead atoms. The number of carbonyl (C=O) groups excluding carboxylic acids is 1. The summed E-state index contributed by atoms with van der Waals surface area (Å²) in [5.74, 6) is 1.41. The van der Waals surface area contributed by atoms with Gasteiger partial charge in [0, 0.05) is 40.5 Å². The Morgan fingerprint density at radius 1 is 0.932 bits per heavy atom. The van der Waals surface area contributed by atoms with Crippen LogP contribution >= 0.6 is 23.2 Å². The van der Waals surface area contributed by atoms with Crippen LogP contribution in [0.25, 0.3) is 17.1 Å². The van der Waals surface area contributed by atoms with Crippen LogP contribution in [0, 0.1) is 0 Å². The van der Waals surface area contributed by atoms with E-state index >= 15 is 0 Å². The van der Waals surface area contributed by atoms with Crippen molar-refractivity contribution in [2.24, 2.45) is 0 Å². The molecule has 2 unspecified atom stereocenters. The van der Waals surface area contributed by atoms with Gasteiger partial charge in [0.25, 0.3) is 5.91 Å². The molecule has 0 aliphatic heterocycles. The van der Waals surface area contributed by atoms with Crippen LogP contribution in [0.5, 0.6) is 11.5 Å². The Bertz CT molecular complexity index is 1800. The quantitative estimate of drug-likeness (QED) is 0.200. The van der Waals surface area contributed by atoms with Crippen molar-refractivity contribution in [2.45, 2.75) is 31.5 Å². The first kappa shape index (κ1) is 29.8. The summed E-state index contributed by atoms with van der Waals surface area (Å²) < 4.78 is 12.9. The lowest BCUT2D eigenvalue weighted by molar-refractivity contribution is 0.0286. The molecule has 1 aliphatic rings. The van der Waals surface area contributed by atoms with Crippen molar-refractivity contribution >= 4 is 29.1 Å². The average Bonchev–Trinajstić information content (AvgIpc) is 3.49. The zero-order valence-corrected chi connectivity index (χ0v) is 25.8. The molecule has 7 nitrogen and oxygen atoms in total. The van der Waals surface area contributed by atoms with Crippen molar-refractivity contribution in [1.29, 1.82) is 0 Å². The maximum atomic E-state index is 14.6. The van der Waals surface area contributed by atoms with Gasteiger partial charge in [0.15, 0.2) is 0 Å². The normalized spacial score (nSPS) is 15.8. The molecule has 4 aromatic carbocycles. The van der Waals surface area contributed by atoms with Crippen LogP contribution in [-0.2, 0) is 19.4 Å². The number of rotatable bonds is 8. The molecule has 1 aromatic heterocycles. The molecule has 0 saturated carbocycles. The van der Waals surface area contributed by atoms with Gasteiger partial charge in [0.05, 0.1) is 37.9 Å². The van der Waals surface area contributed by atoms with E-state index in [9.17, 15) is 9.90 Å². The lowest BCUT2D eigenvalue weighted by atomic mass is 9.85. The Balaban J connectivity index is 1.46. The van der Waals surface area contributed by atoms with Gasteiger partial charge in [-0.05, 0) is 66.1 Å². The zero-order valence-electron chi connectivity index (χ0n) is 24.3. The number of benzene rings is 4. The maximum Gasteiger partial charge on any atom is 0.274 e. The van der Waals surface area contributed by atoms with Crippen LogP contribution < -0.4 is 9.47 Å². The SMILES string of the molecule is COc1ccc(CN(C(=O)c2cn(-c3ccc(Cl)cc3)c(-c3ccccc3Cl)n2)C2Cc3ccccc3CC2O)c(OC)c1. The second-order valence-corrected chi connectivity index (χ2v) is 11.5. The summed E-state index contributed by atoms with van der Waals surface area (Å²) in [5, 5.41) is 12.5. The number of halogens is 2. The molecule has 224 valence electrons. The fourth-order valence-electron chi connectivity index (χ4n) is 5.76. The van der Waals surface area contributed by atoms with E-state index in [0.29, 0.717) is 45.8 Å². The van der Waals surface area contributed by atoms with E-state index in [2.05, 4.69) is 6.07 Å². The van der Waals surface area contributed by atoms with Crippen molar-refractivity contribution in [2.75, 3.05) is 14.2 Å². The van der Waals surface area contributed by atoms with Gasteiger partial charge < -0.3 is 19.5 Å². The molecule has 5 aromatic rings. The maximum absolute atomic E-state index is 14.6. The summed E-state index contributed by atoms with van der Waals surface area (Å²) in [4.78, 5) is 21.2. The van der Waals surface area contributed by atoms with E-state index in [4.69, 9.17) is 37.7 Å². The van der Waals surface area contributed by atoms with Crippen molar-refractivity contribution in [3.63, 3.8) is 0 Å². The minimum absolute atomic E-state index is 0.186. The fraction of sp³-hybridized carbons (Fsp3) is 0.200. The molecule has 9 heteroatoms. The zero-order chi connectivity index (χ0) is 30.8. The highest BCUT2D eigenvalue weighted by molar-refractivity contribution is 6.33. The number of carbonyl (C=O) groups is 1. The summed E-state index contributed by atoms with van der Waals surface area (Å²) in [5.41, 5.74) is 4.62. The Morgan fingerprint density at radius 2 is 1.64 bits per heavy atom. The number of methoxy groups -OCH3 is 2. The lowest BCUT2D eigenvalue weighted by Crippen LogP contribution is -2.50.